The van der Waals surface area contributed by atoms with Crippen molar-refractivity contribution < 1.29 is 67.7 Å². The molecule has 10 amide bonds. The van der Waals surface area contributed by atoms with Crippen LogP contribution in [-0.4, -0.2) is 219 Å². The number of aromatic amines is 1. The zero-order chi connectivity index (χ0) is 70.0. The zero-order valence-corrected chi connectivity index (χ0v) is 53.8. The molecule has 2 heterocycles. The largest absolute Gasteiger partial charge is 0.481 e. The van der Waals surface area contributed by atoms with E-state index in [-0.39, 0.29) is 126 Å². The van der Waals surface area contributed by atoms with Crippen LogP contribution in [0.15, 0.2) is 32.5 Å². The number of hydrogen-bond acceptors (Lipinski definition) is 22. The van der Waals surface area contributed by atoms with Crippen molar-refractivity contribution in [3.63, 3.8) is 0 Å². The summed E-state index contributed by atoms with van der Waals surface area (Å²) in [6, 6.07) is -13.5. The van der Waals surface area contributed by atoms with Gasteiger partial charge in [-0.2, -0.15) is 0 Å². The van der Waals surface area contributed by atoms with E-state index in [0.717, 1.165) is 21.6 Å². The lowest BCUT2D eigenvalue weighted by Crippen LogP contribution is -2.60. The Balaban J connectivity index is 2.72. The van der Waals surface area contributed by atoms with E-state index in [1.54, 1.807) is 27.7 Å². The van der Waals surface area contributed by atoms with E-state index in [9.17, 15) is 67.7 Å². The topological polar surface area (TPSA) is 678 Å². The van der Waals surface area contributed by atoms with Crippen LogP contribution in [0.4, 0.5) is 0 Å². The van der Waals surface area contributed by atoms with Crippen molar-refractivity contribution in [2.24, 2.45) is 77.5 Å². The van der Waals surface area contributed by atoms with E-state index in [1.807, 2.05) is 0 Å². The summed E-state index contributed by atoms with van der Waals surface area (Å²) in [7, 11) is 1.94. The highest BCUT2D eigenvalue weighted by Gasteiger charge is 2.37. The Morgan fingerprint density at radius 2 is 1.20 bits per heavy atom. The second kappa shape index (κ2) is 41.3. The molecular weight excluding hydrogens is 1260 g/mol. The third-order valence-electron chi connectivity index (χ3n) is 13.3. The molecule has 39 nitrogen and oxygen atoms in total. The van der Waals surface area contributed by atoms with E-state index in [0.29, 0.717) is 5.69 Å². The predicted molar refractivity (Wildman–Crippen MR) is 345 cm³/mol. The third kappa shape index (κ3) is 32.6. The maximum absolute atomic E-state index is 14.5. The van der Waals surface area contributed by atoms with E-state index >= 15 is 0 Å². The third-order valence-corrected chi connectivity index (χ3v) is 16.6. The highest BCUT2D eigenvalue weighted by atomic mass is 33.1. The molecule has 2 rings (SSSR count). The minimum atomic E-state index is -1.91. The fourth-order valence-electron chi connectivity index (χ4n) is 8.35. The van der Waals surface area contributed by atoms with Crippen molar-refractivity contribution in [3.8, 4) is 0 Å². The van der Waals surface area contributed by atoms with Gasteiger partial charge >= 0.3 is 11.9 Å². The smallest absolute Gasteiger partial charge is 0.326 e. The van der Waals surface area contributed by atoms with Crippen molar-refractivity contribution >= 4 is 116 Å². The van der Waals surface area contributed by atoms with Gasteiger partial charge in [0.05, 0.1) is 37.9 Å². The van der Waals surface area contributed by atoms with Gasteiger partial charge in [0.15, 0.2) is 23.8 Å². The normalized spacial score (nSPS) is 23.1. The van der Waals surface area contributed by atoms with Crippen LogP contribution in [0.5, 0.6) is 0 Å². The van der Waals surface area contributed by atoms with Gasteiger partial charge in [-0.25, -0.2) is 9.78 Å². The molecule has 1 aliphatic heterocycles. The number of aromatic nitrogens is 2. The van der Waals surface area contributed by atoms with Gasteiger partial charge in [0.25, 0.3) is 0 Å². The quantitative estimate of drug-likeness (QED) is 0.0235. The monoisotopic (exact) mass is 1350 g/mol. The molecule has 31 N–H and O–H groups in total. The molecule has 0 fully saturated rings. The van der Waals surface area contributed by atoms with Gasteiger partial charge in [-0.3, -0.25) is 78.0 Å². The fourth-order valence-corrected chi connectivity index (χ4v) is 11.1. The Kier molecular flexibility index (Phi) is 35.4. The van der Waals surface area contributed by atoms with Gasteiger partial charge in [0.2, 0.25) is 59.1 Å². The molecule has 9 atom stereocenters. The summed E-state index contributed by atoms with van der Waals surface area (Å²) >= 11 is 0. The van der Waals surface area contributed by atoms with Gasteiger partial charge in [0, 0.05) is 55.0 Å². The number of hydrogen-bond donors (Lipinski definition) is 22. The molecule has 0 saturated heterocycles. The number of nitrogens with zero attached hydrogens (tertiary/aromatic N) is 5. The second-order valence-electron chi connectivity index (χ2n) is 22.1. The van der Waals surface area contributed by atoms with E-state index in [1.165, 1.54) is 12.5 Å². The first kappa shape index (κ1) is 79.8. The molecule has 41 heteroatoms. The molecule has 0 spiro atoms. The van der Waals surface area contributed by atoms with E-state index in [4.69, 9.17) is 51.6 Å². The number of imidazole rings is 1. The van der Waals surface area contributed by atoms with Gasteiger partial charge < -0.3 is 115 Å². The summed E-state index contributed by atoms with van der Waals surface area (Å²) in [5.74, 6) is -14.6. The number of nitrogens with one attached hydrogen (secondary N) is 11. The Labute approximate surface area is 543 Å². The molecule has 93 heavy (non-hydrogen) atoms. The number of guanidine groups is 4. The average Bonchev–Trinajstić information content (AvgIpc) is 2.74. The molecule has 0 aliphatic carbocycles. The summed E-state index contributed by atoms with van der Waals surface area (Å²) in [5.41, 5.74) is 51.7. The SMILES string of the molecule is CC(C)C[C@@H]1NC(=O)[C@@H](CC(=O)O)NC(=O)CNC(=O)[C@@H](CCCN=C(N)N)NC(=O)[C@H](Cc2cnc[nH]2)NC(=O)CNC(=O)[C@H](N)CCCN=C(N)NC(=O)[C@@H](N)C(C)(C)SSC[C@H](C(=O)N[C@@H](CCCN=C(N)N)C(=O)O)NC(=O)[C@@H](CCCN=C(N)N)NC1=O. The molecule has 0 saturated carbocycles. The zero-order valence-electron chi connectivity index (χ0n) is 52.2. The van der Waals surface area contributed by atoms with Gasteiger partial charge in [-0.05, 0) is 77.6 Å². The van der Waals surface area contributed by atoms with E-state index < -0.39 is 150 Å². The highest BCUT2D eigenvalue weighted by molar-refractivity contribution is 8.77. The first-order chi connectivity index (χ1) is 43.7. The molecule has 0 radical (unpaired) electrons. The first-order valence-electron chi connectivity index (χ1n) is 29.4. The van der Waals surface area contributed by atoms with Crippen molar-refractivity contribution in [2.75, 3.05) is 45.0 Å². The number of H-pyrrole nitrogens is 1. The summed E-state index contributed by atoms with van der Waals surface area (Å²) in [6.45, 7) is 4.80. The minimum Gasteiger partial charge on any atom is -0.481 e. The standard InChI is InChI=1S/C52H91N25O14S2/c1-25(2)17-31-42(85)73-29(11-7-14-64-49(57)58)41(84)76-34(45(88)74-30(47(90)91)12-8-15-65-50(59)60)23-92-93-52(3,4)38(54)46(89)77-51(61)66-16-5-9-27(53)39(82)67-21-35(78)70-32(18-26-20-62-24-69-26)43(86)72-28(10-6-13-63-48(55)56)40(83)68-22-36(79)71-33(19-37(80)81)44(87)75-31/h20,24-25,27-34,38H,5-19,21-23,53-54H2,1-4H3,(H,62,69)(H,67,82)(H,68,83)(H,70,78)(H,71,79)(H,72,86)(H,73,85)(H,74,88)(H,75,87)(H,76,84)(H,80,81)(H,90,91)(H4,55,56,63)(H4,57,58,64)(H4,59,60,65)(H3,61,66,77,89)/t27-,28-,29-,30+,31+,32+,33-,34-,38-/m1/s1. The van der Waals surface area contributed by atoms with Crippen LogP contribution < -0.4 is 105 Å². The molecular formula is C52H91N25O14S2. The highest BCUT2D eigenvalue weighted by Crippen LogP contribution is 2.38. The van der Waals surface area contributed by atoms with Crippen LogP contribution in [0.2, 0.25) is 0 Å². The number of rotatable bonds is 21. The maximum Gasteiger partial charge on any atom is 0.326 e. The summed E-state index contributed by atoms with van der Waals surface area (Å²) in [4.78, 5) is 185. The number of aliphatic carboxylic acids is 2. The minimum absolute atomic E-state index is 0.00511. The number of carbonyl (C=O) groups excluding carboxylic acids is 10. The number of nitrogens with two attached hydrogens (primary N) is 9. The Morgan fingerprint density at radius 1 is 0.688 bits per heavy atom. The maximum atomic E-state index is 14.5. The fraction of sp³-hybridized carbons (Fsp3) is 0.635. The van der Waals surface area contributed by atoms with Crippen molar-refractivity contribution in [2.45, 2.75) is 157 Å². The number of amides is 10. The molecule has 1 aromatic heterocycles. The molecule has 520 valence electrons. The number of carbonyl (C=O) groups is 12. The summed E-state index contributed by atoms with van der Waals surface area (Å²) in [5, 5.41) is 44.4. The van der Waals surface area contributed by atoms with Crippen LogP contribution in [0.3, 0.4) is 0 Å². The number of carboxylic acids is 2. The summed E-state index contributed by atoms with van der Waals surface area (Å²) in [6.07, 6.45) is 1.05. The van der Waals surface area contributed by atoms with Gasteiger partial charge in [0.1, 0.15) is 42.3 Å². The van der Waals surface area contributed by atoms with E-state index in [2.05, 4.69) is 83.1 Å². The van der Waals surface area contributed by atoms with Gasteiger partial charge in [-0.15, -0.1) is 0 Å². The second-order valence-corrected chi connectivity index (χ2v) is 25.1. The van der Waals surface area contributed by atoms with Crippen molar-refractivity contribution in [1.29, 1.82) is 0 Å². The molecule has 0 aromatic carbocycles. The average molecular weight is 1350 g/mol. The van der Waals surface area contributed by atoms with Crippen LogP contribution in [-0.2, 0) is 64.0 Å². The van der Waals surface area contributed by atoms with Gasteiger partial charge in [-0.1, -0.05) is 35.4 Å². The van der Waals surface area contributed by atoms with Crippen LogP contribution in [0, 0.1) is 5.92 Å². The Bertz CT molecular complexity index is 2830. The molecule has 0 unspecified atom stereocenters. The lowest BCUT2D eigenvalue weighted by atomic mass is 10.0. The lowest BCUT2D eigenvalue weighted by molar-refractivity contribution is -0.142. The summed E-state index contributed by atoms with van der Waals surface area (Å²) < 4.78 is -1.19. The van der Waals surface area contributed by atoms with Crippen molar-refractivity contribution in [3.05, 3.63) is 18.2 Å². The lowest BCUT2D eigenvalue weighted by Gasteiger charge is -2.30. The Hall–Kier alpha value is -9.25. The van der Waals surface area contributed by atoms with Crippen molar-refractivity contribution in [1.82, 2.24) is 63.1 Å². The van der Waals surface area contributed by atoms with Crippen LogP contribution >= 0.6 is 21.6 Å². The Morgan fingerprint density at radius 3 is 1.74 bits per heavy atom. The number of aliphatic imine (C=N–C) groups is 4. The predicted octanol–water partition coefficient (Wildman–Crippen LogP) is -8.62. The molecule has 1 aromatic rings. The molecule has 0 bridgehead atoms. The number of carboxylic acid groups (broad SMARTS) is 2. The molecule has 1 aliphatic rings. The van der Waals surface area contributed by atoms with Crippen LogP contribution in [0.25, 0.3) is 0 Å². The first-order valence-corrected chi connectivity index (χ1v) is 31.7. The van der Waals surface area contributed by atoms with Crippen LogP contribution in [0.1, 0.15) is 97.6 Å².